The Hall–Kier alpha value is -10.3. The number of carbonyl (C=O) groups excluding carboxylic acids is 3. The van der Waals surface area contributed by atoms with Crippen LogP contribution in [0.5, 0.6) is 0 Å². The van der Waals surface area contributed by atoms with Crippen LogP contribution in [0.1, 0.15) is 107 Å². The van der Waals surface area contributed by atoms with Gasteiger partial charge >= 0.3 is 35.5 Å². The number of hydrogen-bond donors (Lipinski definition) is 6. The first-order valence-electron chi connectivity index (χ1n) is 27.5. The van der Waals surface area contributed by atoms with Crippen LogP contribution in [-0.4, -0.2) is 84.9 Å². The Balaban J connectivity index is 0.000000164. The van der Waals surface area contributed by atoms with Crippen molar-refractivity contribution in [1.82, 2.24) is 71.1 Å². The quantitative estimate of drug-likeness (QED) is 0.0519. The van der Waals surface area contributed by atoms with E-state index >= 15 is 0 Å². The number of anilines is 3. The van der Waals surface area contributed by atoms with E-state index in [1.165, 1.54) is 0 Å². The molecule has 9 aromatic heterocycles. The Labute approximate surface area is 540 Å². The normalized spacial score (nSPS) is 10.7. The van der Waals surface area contributed by atoms with Crippen LogP contribution in [0.25, 0.3) is 32.7 Å². The topological polar surface area (TPSA) is 383 Å². The number of nitrogens with one attached hydrogen (secondary N) is 2. The number of esters is 1. The van der Waals surface area contributed by atoms with Crippen LogP contribution in [-0.2, 0) is 43.6 Å². The molecule has 0 unspecified atom stereocenters. The SMILES string of the molecule is CCOC(=O)c1nnc(Cc2ccc3ncc(Cl)cc3c2)o1.Cc1nc(N)ccc1CN.Cc1nc(N)ccc1CNC(=O)c1nnc(Cc2ccc3ncc(Cl)cc3c2)o1.Cc1nc(N)ccc1CNC(=O)c1nnc(Cc2ccc3ncc(Cl)cc3c2)o1.Cl. The van der Waals surface area contributed by atoms with Gasteiger partial charge in [0.1, 0.15) is 17.5 Å². The third-order valence-corrected chi connectivity index (χ3v) is 13.8. The predicted octanol–water partition coefficient (Wildman–Crippen LogP) is 10.0. The van der Waals surface area contributed by atoms with E-state index in [1.54, 1.807) is 43.7 Å². The lowest BCUT2D eigenvalue weighted by Crippen LogP contribution is -2.23. The van der Waals surface area contributed by atoms with Gasteiger partial charge in [-0.2, -0.15) is 0 Å². The summed E-state index contributed by atoms with van der Waals surface area (Å²) in [6, 6.07) is 33.5. The van der Waals surface area contributed by atoms with Crippen molar-refractivity contribution in [2.45, 2.75) is 66.6 Å². The smallest absolute Gasteiger partial charge is 0.396 e. The number of aromatic nitrogens is 12. The van der Waals surface area contributed by atoms with Gasteiger partial charge in [-0.25, -0.2) is 19.7 Å². The van der Waals surface area contributed by atoms with Crippen LogP contribution in [0, 0.1) is 20.8 Å². The van der Waals surface area contributed by atoms with Crippen LogP contribution in [0.15, 0.2) is 141 Å². The zero-order chi connectivity index (χ0) is 63.8. The molecule has 29 heteroatoms. The minimum absolute atomic E-state index is 0. The molecule has 2 amide bonds. The van der Waals surface area contributed by atoms with Gasteiger partial charge < -0.3 is 51.6 Å². The van der Waals surface area contributed by atoms with Crippen LogP contribution >= 0.6 is 47.2 Å². The minimum atomic E-state index is -0.615. The molecule has 0 radical (unpaired) electrons. The number of pyridine rings is 6. The zero-order valence-electron chi connectivity index (χ0n) is 49.1. The summed E-state index contributed by atoms with van der Waals surface area (Å²) in [6.45, 7) is 8.63. The van der Waals surface area contributed by atoms with Crippen LogP contribution in [0.4, 0.5) is 17.5 Å². The average molecular weight is 1310 g/mol. The van der Waals surface area contributed by atoms with Crippen molar-refractivity contribution >= 4 is 115 Å². The maximum atomic E-state index is 12.3. The second kappa shape index (κ2) is 31.2. The van der Waals surface area contributed by atoms with E-state index in [0.29, 0.717) is 76.0 Å². The van der Waals surface area contributed by atoms with Gasteiger partial charge in [0.05, 0.1) is 57.5 Å². The van der Waals surface area contributed by atoms with Crippen LogP contribution < -0.4 is 33.6 Å². The summed E-state index contributed by atoms with van der Waals surface area (Å²) in [4.78, 5) is 61.2. The van der Waals surface area contributed by atoms with Crippen molar-refractivity contribution in [3.8, 4) is 0 Å². The molecule has 10 N–H and O–H groups in total. The third-order valence-electron chi connectivity index (χ3n) is 13.2. The highest BCUT2D eigenvalue weighted by Gasteiger charge is 2.19. The predicted molar refractivity (Wildman–Crippen MR) is 345 cm³/mol. The molecule has 12 aromatic rings. The van der Waals surface area contributed by atoms with E-state index in [4.69, 9.17) is 75.7 Å². The molecule has 12 rings (SSSR count). The number of rotatable bonds is 15. The average Bonchev–Trinajstić information content (AvgIpc) is 2.48. The Morgan fingerprint density at radius 1 is 0.473 bits per heavy atom. The minimum Gasteiger partial charge on any atom is -0.459 e. The van der Waals surface area contributed by atoms with E-state index in [-0.39, 0.29) is 49.8 Å². The maximum absolute atomic E-state index is 12.3. The summed E-state index contributed by atoms with van der Waals surface area (Å²) < 4.78 is 21.1. The van der Waals surface area contributed by atoms with Gasteiger partial charge in [0, 0.05) is 71.5 Å². The molecule has 0 fully saturated rings. The third kappa shape index (κ3) is 18.6. The summed E-state index contributed by atoms with van der Waals surface area (Å²) in [6.07, 6.45) is 6.01. The summed E-state index contributed by atoms with van der Waals surface area (Å²) >= 11 is 18.0. The lowest BCUT2D eigenvalue weighted by Gasteiger charge is -2.06. The van der Waals surface area contributed by atoms with Gasteiger partial charge in [0.15, 0.2) is 0 Å². The summed E-state index contributed by atoms with van der Waals surface area (Å²) in [5, 5.41) is 33.1. The molecule has 0 aliphatic rings. The van der Waals surface area contributed by atoms with E-state index in [2.05, 4.69) is 71.1 Å². The van der Waals surface area contributed by atoms with Gasteiger partial charge in [0.2, 0.25) is 17.7 Å². The molecule has 91 heavy (non-hydrogen) atoms. The monoisotopic (exact) mass is 1310 g/mol. The highest BCUT2D eigenvalue weighted by atomic mass is 35.5. The van der Waals surface area contributed by atoms with Gasteiger partial charge in [0.25, 0.3) is 0 Å². The number of ether oxygens (including phenoxy) is 1. The summed E-state index contributed by atoms with van der Waals surface area (Å²) in [7, 11) is 0. The zero-order valence-corrected chi connectivity index (χ0v) is 52.2. The van der Waals surface area contributed by atoms with Crippen molar-refractivity contribution in [1.29, 1.82) is 0 Å². The van der Waals surface area contributed by atoms with E-state index in [0.717, 1.165) is 83.2 Å². The molecule has 0 saturated heterocycles. The van der Waals surface area contributed by atoms with Crippen molar-refractivity contribution in [3.63, 3.8) is 0 Å². The van der Waals surface area contributed by atoms with Gasteiger partial charge in [-0.05, 0) is 134 Å². The fourth-order valence-electron chi connectivity index (χ4n) is 8.67. The second-order valence-corrected chi connectivity index (χ2v) is 21.1. The molecule has 3 aromatic carbocycles. The first-order valence-corrected chi connectivity index (χ1v) is 28.7. The summed E-state index contributed by atoms with van der Waals surface area (Å²) in [5.41, 5.74) is 32.7. The number of fused-ring (bicyclic) bond motifs is 3. The number of amides is 2. The van der Waals surface area contributed by atoms with Crippen LogP contribution in [0.3, 0.4) is 0 Å². The molecular weight excluding hydrogens is 1250 g/mol. The lowest BCUT2D eigenvalue weighted by atomic mass is 10.1. The van der Waals surface area contributed by atoms with Gasteiger partial charge in [-0.1, -0.05) is 71.2 Å². The number of hydrogen-bond acceptors (Lipinski definition) is 23. The number of nitrogens with two attached hydrogens (primary N) is 4. The molecule has 0 aliphatic heterocycles. The highest BCUT2D eigenvalue weighted by molar-refractivity contribution is 6.31. The molecule has 0 saturated carbocycles. The number of nitrogens with zero attached hydrogens (tertiary/aromatic N) is 12. The lowest BCUT2D eigenvalue weighted by molar-refractivity contribution is 0.0478. The molecule has 0 atom stereocenters. The molecule has 0 bridgehead atoms. The maximum Gasteiger partial charge on any atom is 0.396 e. The van der Waals surface area contributed by atoms with Crippen molar-refractivity contribution in [2.75, 3.05) is 23.8 Å². The molecule has 0 aliphatic carbocycles. The fourth-order valence-corrected chi connectivity index (χ4v) is 9.17. The Bertz CT molecular complexity index is 4360. The molecule has 0 spiro atoms. The second-order valence-electron chi connectivity index (χ2n) is 19.8. The Morgan fingerprint density at radius 2 is 0.813 bits per heavy atom. The number of carbonyl (C=O) groups is 3. The molecule has 25 nitrogen and oxygen atoms in total. The first-order chi connectivity index (χ1) is 43.3. The standard InChI is InChI=1S/2C20H17ClN6O2.C15H12ClN3O3.C7H11N3.ClH/c2*1-11-13(3-5-17(22)25-11)9-24-19(28)20-27-26-18(29-20)7-12-2-4-16-14(6-12)8-15(21)10-23-16;1-2-21-15(20)14-19-18-13(22-14)6-9-3-4-12-10(5-9)7-11(16)8-17-12;1-5-6(4-8)2-3-7(9)10-5;/h2*2-6,8,10H,7,9H2,1H3,(H2,22,25)(H,24,28);3-5,7-8H,2,6H2,1H3;2-3H,4,8H2,1H3,(H2,9,10);1H. The van der Waals surface area contributed by atoms with Crippen molar-refractivity contribution < 1.29 is 32.4 Å². The Kier molecular flexibility index (Phi) is 22.9. The van der Waals surface area contributed by atoms with E-state index in [1.807, 2.05) is 112 Å². The van der Waals surface area contributed by atoms with Crippen LogP contribution in [0.2, 0.25) is 15.1 Å². The first kappa shape index (κ1) is 66.6. The van der Waals surface area contributed by atoms with E-state index < -0.39 is 17.8 Å². The van der Waals surface area contributed by atoms with E-state index in [9.17, 15) is 14.4 Å². The van der Waals surface area contributed by atoms with Crippen molar-refractivity contribution in [3.05, 3.63) is 229 Å². The molecule has 9 heterocycles. The highest BCUT2D eigenvalue weighted by Crippen LogP contribution is 2.24. The van der Waals surface area contributed by atoms with Gasteiger partial charge in [-0.3, -0.25) is 24.5 Å². The Morgan fingerprint density at radius 3 is 1.15 bits per heavy atom. The number of aryl methyl sites for hydroxylation is 3. The summed E-state index contributed by atoms with van der Waals surface area (Å²) in [5.74, 6) is 0.619. The largest absolute Gasteiger partial charge is 0.459 e. The number of nitrogen functional groups attached to an aromatic ring is 3. The molecular formula is C62H58Cl4N18O7. The molecule has 466 valence electrons. The number of halogens is 4. The number of benzene rings is 3. The van der Waals surface area contributed by atoms with Gasteiger partial charge in [-0.15, -0.1) is 43.0 Å². The van der Waals surface area contributed by atoms with Crippen molar-refractivity contribution in [2.24, 2.45) is 5.73 Å². The fraction of sp³-hybridized carbons (Fsp3) is 0.177.